The zero-order valence-electron chi connectivity index (χ0n) is 16.1. The number of nitrogens with zero attached hydrogens (tertiary/aromatic N) is 2. The standard InChI is InChI=1S/C21H20N2O7/c1-30-12-2-11-22-18(13-5-9-16(24)10-6-13)17(20(26)21(22)27)19(25)14-3-7-15(8-4-14)23(28)29/h3-10,18,24-25H,2,11-12H2,1H3/b19-17-. The maximum absolute atomic E-state index is 12.8. The summed E-state index contributed by atoms with van der Waals surface area (Å²) in [5.41, 5.74) is 0.436. The Balaban J connectivity index is 2.09. The zero-order chi connectivity index (χ0) is 21.8. The van der Waals surface area contributed by atoms with Crippen LogP contribution in [0.2, 0.25) is 0 Å². The number of ketones is 1. The van der Waals surface area contributed by atoms with E-state index < -0.39 is 28.4 Å². The van der Waals surface area contributed by atoms with Gasteiger partial charge in [-0.25, -0.2) is 0 Å². The number of hydrogen-bond donors (Lipinski definition) is 2. The van der Waals surface area contributed by atoms with E-state index in [1.165, 1.54) is 48.4 Å². The number of nitro groups is 1. The van der Waals surface area contributed by atoms with E-state index in [4.69, 9.17) is 4.74 Å². The third-order valence-electron chi connectivity index (χ3n) is 4.85. The summed E-state index contributed by atoms with van der Waals surface area (Å²) < 4.78 is 5.02. The molecule has 2 N–H and O–H groups in total. The fraction of sp³-hybridized carbons (Fsp3) is 0.238. The van der Waals surface area contributed by atoms with Crippen LogP contribution in [0, 0.1) is 10.1 Å². The van der Waals surface area contributed by atoms with Crippen LogP contribution in [-0.4, -0.2) is 52.0 Å². The normalized spacial score (nSPS) is 18.0. The lowest BCUT2D eigenvalue weighted by molar-refractivity contribution is -0.384. The monoisotopic (exact) mass is 412 g/mol. The quantitative estimate of drug-likeness (QED) is 0.179. The number of aliphatic hydroxyl groups excluding tert-OH is 1. The van der Waals surface area contributed by atoms with Crippen LogP contribution in [0.4, 0.5) is 5.69 Å². The Morgan fingerprint density at radius 1 is 1.13 bits per heavy atom. The number of nitro benzene ring substituents is 1. The van der Waals surface area contributed by atoms with Gasteiger partial charge in [-0.1, -0.05) is 12.1 Å². The molecule has 1 saturated heterocycles. The highest BCUT2D eigenvalue weighted by Gasteiger charge is 2.45. The molecule has 156 valence electrons. The Bertz CT molecular complexity index is 997. The highest BCUT2D eigenvalue weighted by molar-refractivity contribution is 6.46. The molecule has 9 nitrogen and oxygen atoms in total. The molecule has 3 rings (SSSR count). The predicted octanol–water partition coefficient (Wildman–Crippen LogP) is 2.76. The largest absolute Gasteiger partial charge is 0.508 e. The molecule has 1 atom stereocenters. The van der Waals surface area contributed by atoms with Gasteiger partial charge in [0.15, 0.2) is 0 Å². The molecule has 1 aliphatic rings. The second kappa shape index (κ2) is 8.75. The highest BCUT2D eigenvalue weighted by Crippen LogP contribution is 2.39. The summed E-state index contributed by atoms with van der Waals surface area (Å²) in [6.45, 7) is 0.606. The van der Waals surface area contributed by atoms with Gasteiger partial charge in [-0.15, -0.1) is 0 Å². The summed E-state index contributed by atoms with van der Waals surface area (Å²) in [5.74, 6) is -2.00. The molecule has 30 heavy (non-hydrogen) atoms. The second-order valence-electron chi connectivity index (χ2n) is 6.73. The number of benzene rings is 2. The van der Waals surface area contributed by atoms with E-state index in [-0.39, 0.29) is 29.1 Å². The van der Waals surface area contributed by atoms with Gasteiger partial charge in [0.2, 0.25) is 0 Å². The van der Waals surface area contributed by atoms with Crippen LogP contribution in [0.1, 0.15) is 23.6 Å². The number of likely N-dealkylation sites (tertiary alicyclic amines) is 1. The third-order valence-corrected chi connectivity index (χ3v) is 4.85. The van der Waals surface area contributed by atoms with Crippen LogP contribution < -0.4 is 0 Å². The van der Waals surface area contributed by atoms with E-state index >= 15 is 0 Å². The number of non-ortho nitro benzene ring substituents is 1. The summed E-state index contributed by atoms with van der Waals surface area (Å²) >= 11 is 0. The van der Waals surface area contributed by atoms with Crippen molar-refractivity contribution in [2.75, 3.05) is 20.3 Å². The maximum Gasteiger partial charge on any atom is 0.295 e. The number of Topliss-reactive ketones (excluding diaryl/α,β-unsaturated/α-hetero) is 1. The number of carbonyl (C=O) groups excluding carboxylic acids is 2. The van der Waals surface area contributed by atoms with E-state index in [2.05, 4.69) is 0 Å². The predicted molar refractivity (Wildman–Crippen MR) is 107 cm³/mol. The average molecular weight is 412 g/mol. The lowest BCUT2D eigenvalue weighted by Gasteiger charge is -2.25. The summed E-state index contributed by atoms with van der Waals surface area (Å²) in [4.78, 5) is 37.1. The lowest BCUT2D eigenvalue weighted by atomic mass is 9.95. The van der Waals surface area contributed by atoms with Crippen molar-refractivity contribution in [3.05, 3.63) is 75.3 Å². The van der Waals surface area contributed by atoms with Crippen LogP contribution in [0.5, 0.6) is 5.75 Å². The van der Waals surface area contributed by atoms with Gasteiger partial charge >= 0.3 is 0 Å². The molecule has 1 amide bonds. The molecule has 1 fully saturated rings. The van der Waals surface area contributed by atoms with Crippen molar-refractivity contribution in [1.82, 2.24) is 4.90 Å². The van der Waals surface area contributed by atoms with E-state index in [1.54, 1.807) is 12.1 Å². The van der Waals surface area contributed by atoms with Crippen LogP contribution >= 0.6 is 0 Å². The first-order valence-electron chi connectivity index (χ1n) is 9.16. The summed E-state index contributed by atoms with van der Waals surface area (Å²) in [6.07, 6.45) is 0.482. The molecule has 0 bridgehead atoms. The average Bonchev–Trinajstić information content (AvgIpc) is 2.99. The first-order chi connectivity index (χ1) is 14.3. The lowest BCUT2D eigenvalue weighted by Crippen LogP contribution is -2.31. The number of aromatic hydroxyl groups is 1. The fourth-order valence-corrected chi connectivity index (χ4v) is 3.39. The van der Waals surface area contributed by atoms with Gasteiger partial charge in [-0.05, 0) is 36.2 Å². The first kappa shape index (κ1) is 21.0. The molecule has 0 spiro atoms. The molecule has 9 heteroatoms. The number of ether oxygens (including phenoxy) is 1. The Morgan fingerprint density at radius 2 is 1.77 bits per heavy atom. The van der Waals surface area contributed by atoms with Gasteiger partial charge in [0.1, 0.15) is 11.5 Å². The van der Waals surface area contributed by atoms with E-state index in [9.17, 15) is 29.9 Å². The highest BCUT2D eigenvalue weighted by atomic mass is 16.6. The minimum atomic E-state index is -0.863. The van der Waals surface area contributed by atoms with E-state index in [0.29, 0.717) is 18.6 Å². The zero-order valence-corrected chi connectivity index (χ0v) is 16.1. The van der Waals surface area contributed by atoms with Crippen molar-refractivity contribution < 1.29 is 29.5 Å². The third kappa shape index (κ3) is 4.01. The topological polar surface area (TPSA) is 130 Å². The Morgan fingerprint density at radius 3 is 2.33 bits per heavy atom. The van der Waals surface area contributed by atoms with Crippen molar-refractivity contribution in [2.24, 2.45) is 0 Å². The van der Waals surface area contributed by atoms with Crippen molar-refractivity contribution in [3.8, 4) is 5.75 Å². The van der Waals surface area contributed by atoms with Gasteiger partial charge < -0.3 is 19.8 Å². The molecule has 2 aromatic carbocycles. The van der Waals surface area contributed by atoms with E-state index in [1.807, 2.05) is 0 Å². The van der Waals surface area contributed by atoms with Crippen molar-refractivity contribution in [1.29, 1.82) is 0 Å². The molecular formula is C21H20N2O7. The van der Waals surface area contributed by atoms with Crippen LogP contribution in [0.15, 0.2) is 54.1 Å². The molecule has 1 unspecified atom stereocenters. The SMILES string of the molecule is COCCCN1C(=O)C(=O)/C(=C(\O)c2ccc([N+](=O)[O-])cc2)C1c1ccc(O)cc1. The molecule has 2 aromatic rings. The number of carbonyl (C=O) groups is 2. The number of rotatable bonds is 7. The maximum atomic E-state index is 12.8. The van der Waals surface area contributed by atoms with Gasteiger partial charge in [0.05, 0.1) is 16.5 Å². The molecule has 0 aliphatic carbocycles. The Labute approximate surface area is 172 Å². The first-order valence-corrected chi connectivity index (χ1v) is 9.16. The van der Waals surface area contributed by atoms with Gasteiger partial charge in [0.25, 0.3) is 17.4 Å². The molecule has 1 aliphatic heterocycles. The minimum absolute atomic E-state index is 0.0189. The number of phenolic OH excluding ortho intramolecular Hbond substituents is 1. The molecule has 0 aromatic heterocycles. The Hall–Kier alpha value is -3.72. The number of amides is 1. The molecular weight excluding hydrogens is 392 g/mol. The second-order valence-corrected chi connectivity index (χ2v) is 6.73. The Kier molecular flexibility index (Phi) is 6.12. The number of phenols is 1. The number of hydrogen-bond acceptors (Lipinski definition) is 7. The molecule has 0 saturated carbocycles. The van der Waals surface area contributed by atoms with Crippen molar-refractivity contribution >= 4 is 23.1 Å². The summed E-state index contributed by atoms with van der Waals surface area (Å²) in [6, 6.07) is 10.2. The molecule has 1 heterocycles. The fourth-order valence-electron chi connectivity index (χ4n) is 3.39. The van der Waals surface area contributed by atoms with Gasteiger partial charge in [-0.3, -0.25) is 19.7 Å². The minimum Gasteiger partial charge on any atom is -0.508 e. The van der Waals surface area contributed by atoms with Crippen LogP contribution in [0.25, 0.3) is 5.76 Å². The van der Waals surface area contributed by atoms with Crippen molar-refractivity contribution in [2.45, 2.75) is 12.5 Å². The van der Waals surface area contributed by atoms with E-state index in [0.717, 1.165) is 0 Å². The van der Waals surface area contributed by atoms with Gasteiger partial charge in [-0.2, -0.15) is 0 Å². The van der Waals surface area contributed by atoms with Crippen LogP contribution in [0.3, 0.4) is 0 Å². The molecule has 0 radical (unpaired) electrons. The smallest absolute Gasteiger partial charge is 0.295 e. The summed E-state index contributed by atoms with van der Waals surface area (Å²) in [5, 5.41) is 31.3. The van der Waals surface area contributed by atoms with Gasteiger partial charge in [0, 0.05) is 38.0 Å². The number of aliphatic hydroxyl groups is 1. The number of methoxy groups -OCH3 is 1. The van der Waals surface area contributed by atoms with Crippen LogP contribution in [-0.2, 0) is 14.3 Å². The van der Waals surface area contributed by atoms with Crippen molar-refractivity contribution in [3.63, 3.8) is 0 Å². The summed E-state index contributed by atoms with van der Waals surface area (Å²) in [7, 11) is 1.53.